The maximum Gasteiger partial charge on any atom is 0.338 e. The molecule has 0 aliphatic heterocycles. The summed E-state index contributed by atoms with van der Waals surface area (Å²) in [6.45, 7) is 8.01. The molecule has 0 N–H and O–H groups in total. The first-order valence-corrected chi connectivity index (χ1v) is 11.5. The second-order valence-electron chi connectivity index (χ2n) is 10.6. The number of carbonyl (C=O) groups is 3. The molecule has 3 aliphatic rings. The van der Waals surface area contributed by atoms with Crippen molar-refractivity contribution in [3.8, 4) is 5.75 Å². The van der Waals surface area contributed by atoms with Crippen LogP contribution < -0.4 is 4.74 Å². The normalized spacial score (nSPS) is 35.2. The van der Waals surface area contributed by atoms with E-state index in [9.17, 15) is 14.4 Å². The second-order valence-corrected chi connectivity index (χ2v) is 10.6. The molecule has 2 saturated carbocycles. The lowest BCUT2D eigenvalue weighted by Gasteiger charge is -2.60. The largest absolute Gasteiger partial charge is 0.469 e. The maximum absolute atomic E-state index is 12.9. The standard InChI is InChI=1S/C26H34O6/c1-15(27)32-18-9-8-16(22(28)30-5)21-17(18)14-20-24(2)11-7-12-26(4,23(29)31-6)19(24)10-13-25(20,21)3/h8-9,19-20H,7,10-14H2,1-6H3/t19-,20-,24+,25+,26-/m1/s1. The molecule has 5 atom stereocenters. The minimum Gasteiger partial charge on any atom is -0.469 e. The van der Waals surface area contributed by atoms with Crippen LogP contribution in [0.1, 0.15) is 81.3 Å². The summed E-state index contributed by atoms with van der Waals surface area (Å²) in [5.74, 6) is 0.0761. The van der Waals surface area contributed by atoms with Gasteiger partial charge in [0.1, 0.15) is 5.75 Å². The number of hydrogen-bond donors (Lipinski definition) is 0. The van der Waals surface area contributed by atoms with E-state index in [0.717, 1.165) is 43.2 Å². The average molecular weight is 443 g/mol. The summed E-state index contributed by atoms with van der Waals surface area (Å²) in [5.41, 5.74) is 1.56. The average Bonchev–Trinajstić information content (AvgIpc) is 3.07. The van der Waals surface area contributed by atoms with Crippen LogP contribution in [0.3, 0.4) is 0 Å². The Hall–Kier alpha value is -2.37. The summed E-state index contributed by atoms with van der Waals surface area (Å²) >= 11 is 0. The molecule has 0 heterocycles. The molecule has 0 amide bonds. The number of esters is 3. The highest BCUT2D eigenvalue weighted by Crippen LogP contribution is 2.68. The zero-order valence-electron chi connectivity index (χ0n) is 20.0. The number of carbonyl (C=O) groups excluding carboxylic acids is 3. The van der Waals surface area contributed by atoms with Crippen molar-refractivity contribution < 1.29 is 28.6 Å². The fourth-order valence-electron chi connectivity index (χ4n) is 7.78. The number of methoxy groups -OCH3 is 2. The molecule has 1 aromatic rings. The minimum atomic E-state index is -0.512. The smallest absolute Gasteiger partial charge is 0.338 e. The third kappa shape index (κ3) is 3.01. The topological polar surface area (TPSA) is 78.9 Å². The van der Waals surface area contributed by atoms with Crippen molar-refractivity contribution >= 4 is 17.9 Å². The molecule has 6 nitrogen and oxygen atoms in total. The lowest BCUT2D eigenvalue weighted by molar-refractivity contribution is -0.173. The van der Waals surface area contributed by atoms with Gasteiger partial charge < -0.3 is 14.2 Å². The van der Waals surface area contributed by atoms with E-state index >= 15 is 0 Å². The molecule has 0 unspecified atom stereocenters. The molecule has 32 heavy (non-hydrogen) atoms. The zero-order valence-corrected chi connectivity index (χ0v) is 20.0. The molecular formula is C26H34O6. The Morgan fingerprint density at radius 1 is 0.969 bits per heavy atom. The van der Waals surface area contributed by atoms with Gasteiger partial charge in [0.2, 0.25) is 0 Å². The predicted molar refractivity (Wildman–Crippen MR) is 118 cm³/mol. The van der Waals surface area contributed by atoms with Gasteiger partial charge in [-0.05, 0) is 85.0 Å². The molecule has 2 fully saturated rings. The number of hydrogen-bond acceptors (Lipinski definition) is 6. The van der Waals surface area contributed by atoms with E-state index in [-0.39, 0.29) is 40.6 Å². The van der Waals surface area contributed by atoms with Gasteiger partial charge in [0, 0.05) is 6.92 Å². The molecule has 0 aromatic heterocycles. The van der Waals surface area contributed by atoms with Gasteiger partial charge in [0.05, 0.1) is 25.2 Å². The van der Waals surface area contributed by atoms with Crippen molar-refractivity contribution in [3.05, 3.63) is 28.8 Å². The van der Waals surface area contributed by atoms with Crippen LogP contribution in [-0.2, 0) is 30.9 Å². The van der Waals surface area contributed by atoms with Gasteiger partial charge in [0.25, 0.3) is 0 Å². The quantitative estimate of drug-likeness (QED) is 0.503. The van der Waals surface area contributed by atoms with Crippen LogP contribution in [0.25, 0.3) is 0 Å². The molecular weight excluding hydrogens is 408 g/mol. The number of fused-ring (bicyclic) bond motifs is 5. The highest BCUT2D eigenvalue weighted by Gasteiger charge is 2.64. The Morgan fingerprint density at radius 3 is 2.31 bits per heavy atom. The fraction of sp³-hybridized carbons (Fsp3) is 0.654. The highest BCUT2D eigenvalue weighted by molar-refractivity contribution is 5.93. The molecule has 0 spiro atoms. The van der Waals surface area contributed by atoms with Crippen LogP contribution in [-0.4, -0.2) is 32.1 Å². The Balaban J connectivity index is 1.87. The Labute approximate surface area is 190 Å². The first-order valence-electron chi connectivity index (χ1n) is 11.5. The van der Waals surface area contributed by atoms with Gasteiger partial charge in [-0.3, -0.25) is 9.59 Å². The van der Waals surface area contributed by atoms with E-state index in [4.69, 9.17) is 14.2 Å². The van der Waals surface area contributed by atoms with E-state index < -0.39 is 5.41 Å². The SMILES string of the molecule is COC(=O)c1ccc(OC(C)=O)c2c1[C@@]1(C)CC[C@@H]3[C@](C)(CCC[C@@]3(C)C(=O)OC)[C@H]1C2. The first kappa shape index (κ1) is 22.8. The second kappa shape index (κ2) is 7.60. The first-order chi connectivity index (χ1) is 15.0. The molecule has 4 rings (SSSR count). The third-order valence-electron chi connectivity index (χ3n) is 9.05. The lowest BCUT2D eigenvalue weighted by Crippen LogP contribution is -2.58. The van der Waals surface area contributed by atoms with Crippen LogP contribution in [0.15, 0.2) is 12.1 Å². The van der Waals surface area contributed by atoms with Gasteiger partial charge in [-0.1, -0.05) is 20.3 Å². The molecule has 0 saturated heterocycles. The van der Waals surface area contributed by atoms with Crippen molar-refractivity contribution in [2.24, 2.45) is 22.7 Å². The summed E-state index contributed by atoms with van der Waals surface area (Å²) < 4.78 is 15.9. The van der Waals surface area contributed by atoms with E-state index in [0.29, 0.717) is 17.7 Å². The van der Waals surface area contributed by atoms with Gasteiger partial charge in [0.15, 0.2) is 0 Å². The van der Waals surface area contributed by atoms with E-state index in [2.05, 4.69) is 20.8 Å². The highest BCUT2D eigenvalue weighted by atomic mass is 16.5. The summed E-state index contributed by atoms with van der Waals surface area (Å²) in [6, 6.07) is 3.44. The summed E-state index contributed by atoms with van der Waals surface area (Å²) in [6.07, 6.45) is 5.26. The van der Waals surface area contributed by atoms with Crippen LogP contribution in [0.4, 0.5) is 0 Å². The Kier molecular flexibility index (Phi) is 5.42. The molecule has 6 heteroatoms. The van der Waals surface area contributed by atoms with Gasteiger partial charge in [-0.2, -0.15) is 0 Å². The lowest BCUT2D eigenvalue weighted by atomic mass is 9.43. The van der Waals surface area contributed by atoms with E-state index in [1.54, 1.807) is 12.1 Å². The third-order valence-corrected chi connectivity index (χ3v) is 9.05. The van der Waals surface area contributed by atoms with Gasteiger partial charge in [-0.25, -0.2) is 4.79 Å². The monoisotopic (exact) mass is 442 g/mol. The van der Waals surface area contributed by atoms with Crippen molar-refractivity contribution in [1.29, 1.82) is 0 Å². The Morgan fingerprint density at radius 2 is 1.69 bits per heavy atom. The van der Waals surface area contributed by atoms with Gasteiger partial charge >= 0.3 is 17.9 Å². The van der Waals surface area contributed by atoms with Crippen molar-refractivity contribution in [2.45, 2.75) is 71.6 Å². The Bertz CT molecular complexity index is 983. The fourth-order valence-corrected chi connectivity index (χ4v) is 7.78. The molecule has 1 aromatic carbocycles. The molecule has 0 radical (unpaired) electrons. The van der Waals surface area contributed by atoms with E-state index in [1.807, 2.05) is 0 Å². The number of benzene rings is 1. The van der Waals surface area contributed by atoms with Crippen molar-refractivity contribution in [1.82, 2.24) is 0 Å². The zero-order chi connectivity index (χ0) is 23.5. The van der Waals surface area contributed by atoms with Gasteiger partial charge in [-0.15, -0.1) is 0 Å². The van der Waals surface area contributed by atoms with Crippen molar-refractivity contribution in [3.63, 3.8) is 0 Å². The molecule has 3 aliphatic carbocycles. The van der Waals surface area contributed by atoms with E-state index in [1.165, 1.54) is 21.1 Å². The number of ether oxygens (including phenoxy) is 3. The molecule has 0 bridgehead atoms. The van der Waals surface area contributed by atoms with Crippen LogP contribution in [0.5, 0.6) is 5.75 Å². The molecule has 174 valence electrons. The van der Waals surface area contributed by atoms with Crippen LogP contribution in [0.2, 0.25) is 0 Å². The van der Waals surface area contributed by atoms with Crippen molar-refractivity contribution in [2.75, 3.05) is 14.2 Å². The minimum absolute atomic E-state index is 0.103. The van der Waals surface area contributed by atoms with Crippen LogP contribution >= 0.6 is 0 Å². The maximum atomic E-state index is 12.9. The summed E-state index contributed by atoms with van der Waals surface area (Å²) in [7, 11) is 2.87. The summed E-state index contributed by atoms with van der Waals surface area (Å²) in [4.78, 5) is 37.4. The van der Waals surface area contributed by atoms with Crippen LogP contribution in [0, 0.1) is 22.7 Å². The number of rotatable bonds is 3. The summed E-state index contributed by atoms with van der Waals surface area (Å²) in [5, 5.41) is 0. The predicted octanol–water partition coefficient (Wildman–Crippen LogP) is 4.61.